The number of halogens is 3. The number of amides is 1. The van der Waals surface area contributed by atoms with Crippen molar-refractivity contribution in [3.63, 3.8) is 0 Å². The Bertz CT molecular complexity index is 1320. The number of allylic oxidation sites excluding steroid dienone is 2. The van der Waals surface area contributed by atoms with Crippen LogP contribution < -0.4 is 4.90 Å². The van der Waals surface area contributed by atoms with Crippen LogP contribution in [0.3, 0.4) is 0 Å². The van der Waals surface area contributed by atoms with Crippen LogP contribution in [0.1, 0.15) is 67.0 Å². The van der Waals surface area contributed by atoms with E-state index in [1.165, 1.54) is 16.5 Å². The molecule has 164 valence electrons. The first-order valence-electron chi connectivity index (χ1n) is 10.6. The van der Waals surface area contributed by atoms with Crippen LogP contribution in [-0.2, 0) is 6.54 Å². The highest BCUT2D eigenvalue weighted by atomic mass is 35.5. The Morgan fingerprint density at radius 3 is 2.62 bits per heavy atom. The summed E-state index contributed by atoms with van der Waals surface area (Å²) < 4.78 is 17.3. The number of benzene rings is 2. The van der Waals surface area contributed by atoms with Gasteiger partial charge in [0.15, 0.2) is 11.5 Å². The zero-order valence-electron chi connectivity index (χ0n) is 18.2. The molecule has 0 saturated heterocycles. The summed E-state index contributed by atoms with van der Waals surface area (Å²) >= 11 is 12.5. The van der Waals surface area contributed by atoms with Gasteiger partial charge in [-0.05, 0) is 49.1 Å². The lowest BCUT2D eigenvalue weighted by molar-refractivity contribution is 0.0986. The molecule has 2 aromatic carbocycles. The maximum atomic E-state index is 15.4. The number of rotatable bonds is 3. The molecular formula is C25H22Cl2FN3O. The Balaban J connectivity index is 1.82. The summed E-state index contributed by atoms with van der Waals surface area (Å²) in [7, 11) is 0. The lowest BCUT2D eigenvalue weighted by atomic mass is 9.85. The van der Waals surface area contributed by atoms with Gasteiger partial charge in [-0.25, -0.2) is 4.39 Å². The molecule has 2 aliphatic rings. The van der Waals surface area contributed by atoms with Gasteiger partial charge < -0.3 is 0 Å². The molecular weight excluding hydrogens is 448 g/mol. The molecule has 1 atom stereocenters. The minimum Gasteiger partial charge on any atom is -0.292 e. The Kier molecular flexibility index (Phi) is 4.95. The number of carbonyl (C=O) groups excluding carboxylic acids is 1. The van der Waals surface area contributed by atoms with Crippen molar-refractivity contribution >= 4 is 34.8 Å². The molecule has 5 rings (SSSR count). The number of carbonyl (C=O) groups is 1. The van der Waals surface area contributed by atoms with Gasteiger partial charge in [-0.1, -0.05) is 60.8 Å². The van der Waals surface area contributed by atoms with E-state index in [4.69, 9.17) is 28.3 Å². The molecule has 4 nitrogen and oxygen atoms in total. The third kappa shape index (κ3) is 2.95. The maximum Gasteiger partial charge on any atom is 0.280 e. The largest absolute Gasteiger partial charge is 0.292 e. The third-order valence-corrected chi connectivity index (χ3v) is 6.64. The topological polar surface area (TPSA) is 38.1 Å². The first-order valence-corrected chi connectivity index (χ1v) is 11.3. The second-order valence-electron chi connectivity index (χ2n) is 8.83. The van der Waals surface area contributed by atoms with Crippen LogP contribution in [-0.4, -0.2) is 15.7 Å². The summed E-state index contributed by atoms with van der Waals surface area (Å²) in [6.45, 7) is 8.81. The highest BCUT2D eigenvalue weighted by Crippen LogP contribution is 2.54. The molecule has 0 fully saturated rings. The monoisotopic (exact) mass is 469 g/mol. The highest BCUT2D eigenvalue weighted by molar-refractivity contribution is 6.32. The van der Waals surface area contributed by atoms with E-state index in [9.17, 15) is 4.79 Å². The minimum atomic E-state index is -0.609. The van der Waals surface area contributed by atoms with E-state index in [1.807, 2.05) is 30.7 Å². The summed E-state index contributed by atoms with van der Waals surface area (Å²) in [5.74, 6) is -0.807. The molecule has 3 aromatic rings. The first kappa shape index (κ1) is 21.2. The lowest BCUT2D eigenvalue weighted by Gasteiger charge is -2.35. The molecule has 32 heavy (non-hydrogen) atoms. The molecule has 0 spiro atoms. The third-order valence-electron chi connectivity index (χ3n) is 6.11. The summed E-state index contributed by atoms with van der Waals surface area (Å²) in [4.78, 5) is 15.2. The van der Waals surface area contributed by atoms with Crippen LogP contribution in [0.15, 0.2) is 42.0 Å². The van der Waals surface area contributed by atoms with E-state index in [2.05, 4.69) is 19.9 Å². The van der Waals surface area contributed by atoms with Crippen molar-refractivity contribution in [2.45, 2.75) is 46.2 Å². The van der Waals surface area contributed by atoms with Gasteiger partial charge >= 0.3 is 0 Å². The first-order chi connectivity index (χ1) is 15.2. The minimum absolute atomic E-state index is 0.0250. The molecule has 0 bridgehead atoms. The lowest BCUT2D eigenvalue weighted by Crippen LogP contribution is -2.34. The van der Waals surface area contributed by atoms with Crippen molar-refractivity contribution in [2.75, 3.05) is 4.90 Å². The van der Waals surface area contributed by atoms with Crippen molar-refractivity contribution in [1.82, 2.24) is 9.78 Å². The van der Waals surface area contributed by atoms with Gasteiger partial charge in [0.2, 0.25) is 0 Å². The number of fused-ring (bicyclic) bond motifs is 8. The van der Waals surface area contributed by atoms with Gasteiger partial charge in [-0.2, -0.15) is 5.10 Å². The van der Waals surface area contributed by atoms with Crippen LogP contribution in [0.4, 0.5) is 10.1 Å². The average Bonchev–Trinajstić information content (AvgIpc) is 3.24. The maximum absolute atomic E-state index is 15.4. The van der Waals surface area contributed by atoms with Crippen LogP contribution in [0, 0.1) is 5.82 Å². The average molecular weight is 470 g/mol. The molecule has 1 amide bonds. The Labute approximate surface area is 196 Å². The van der Waals surface area contributed by atoms with Crippen molar-refractivity contribution in [1.29, 1.82) is 0 Å². The SMILES string of the molecule is CC(C)=CCn1nc2c(c1C(C)C)C1c3ccc(Cl)cc3-c3ccc(Cl)c(F)c3N1C2=O. The van der Waals surface area contributed by atoms with E-state index < -0.39 is 11.9 Å². The normalized spacial score (nSPS) is 16.1. The van der Waals surface area contributed by atoms with Gasteiger partial charge in [0.05, 0.1) is 23.3 Å². The molecule has 0 saturated carbocycles. The zero-order valence-corrected chi connectivity index (χ0v) is 19.7. The van der Waals surface area contributed by atoms with Crippen LogP contribution in [0.2, 0.25) is 10.0 Å². The fraction of sp³-hybridized carbons (Fsp3) is 0.280. The van der Waals surface area contributed by atoms with E-state index in [0.717, 1.165) is 22.4 Å². The smallest absolute Gasteiger partial charge is 0.280 e. The van der Waals surface area contributed by atoms with Crippen LogP contribution in [0.5, 0.6) is 0 Å². The van der Waals surface area contributed by atoms with Crippen molar-refractivity contribution in [3.05, 3.63) is 80.4 Å². The van der Waals surface area contributed by atoms with Gasteiger partial charge in [0.1, 0.15) is 0 Å². The second-order valence-corrected chi connectivity index (χ2v) is 9.68. The van der Waals surface area contributed by atoms with Gasteiger partial charge in [-0.3, -0.25) is 14.4 Å². The molecule has 1 unspecified atom stereocenters. The molecule has 0 N–H and O–H groups in total. The number of nitrogens with zero attached hydrogens (tertiary/aromatic N) is 3. The van der Waals surface area contributed by atoms with Crippen molar-refractivity contribution < 1.29 is 9.18 Å². The quantitative estimate of drug-likeness (QED) is 0.382. The summed E-state index contributed by atoms with van der Waals surface area (Å²) in [6, 6.07) is 8.33. The molecule has 3 heterocycles. The Hall–Kier alpha value is -2.63. The predicted octanol–water partition coefficient (Wildman–Crippen LogP) is 7.15. The number of hydrogen-bond acceptors (Lipinski definition) is 2. The van der Waals surface area contributed by atoms with Gasteiger partial charge in [0.25, 0.3) is 5.91 Å². The van der Waals surface area contributed by atoms with Gasteiger partial charge in [0, 0.05) is 21.8 Å². The Morgan fingerprint density at radius 2 is 1.94 bits per heavy atom. The fourth-order valence-corrected chi connectivity index (χ4v) is 5.14. The molecule has 7 heteroatoms. The van der Waals surface area contributed by atoms with Crippen LogP contribution in [0.25, 0.3) is 11.1 Å². The van der Waals surface area contributed by atoms with E-state index >= 15 is 4.39 Å². The van der Waals surface area contributed by atoms with E-state index in [1.54, 1.807) is 12.1 Å². The number of anilines is 1. The summed E-state index contributed by atoms with van der Waals surface area (Å²) in [5.41, 5.74) is 5.84. The second kappa shape index (κ2) is 7.46. The molecule has 2 aliphatic heterocycles. The van der Waals surface area contributed by atoms with E-state index in [0.29, 0.717) is 22.8 Å². The molecule has 1 aromatic heterocycles. The van der Waals surface area contributed by atoms with Crippen LogP contribution >= 0.6 is 23.2 Å². The number of hydrogen-bond donors (Lipinski definition) is 0. The zero-order chi connectivity index (χ0) is 22.9. The standard InChI is InChI=1S/C25H22Cl2FN3O/c1-12(2)9-10-30-22(13(3)4)19-21(29-30)25(32)31-23(19)15-6-5-14(26)11-17(15)16-7-8-18(27)20(28)24(16)31/h5-9,11,13,23H,10H2,1-4H3. The fourth-order valence-electron chi connectivity index (χ4n) is 4.81. The predicted molar refractivity (Wildman–Crippen MR) is 126 cm³/mol. The number of aromatic nitrogens is 2. The molecule has 0 aliphatic carbocycles. The summed E-state index contributed by atoms with van der Waals surface area (Å²) in [5, 5.41) is 5.23. The van der Waals surface area contributed by atoms with Crippen molar-refractivity contribution in [3.8, 4) is 11.1 Å². The molecule has 0 radical (unpaired) electrons. The Morgan fingerprint density at radius 1 is 1.19 bits per heavy atom. The highest BCUT2D eigenvalue weighted by Gasteiger charge is 2.49. The van der Waals surface area contributed by atoms with Gasteiger partial charge in [-0.15, -0.1) is 0 Å². The van der Waals surface area contributed by atoms with Crippen molar-refractivity contribution in [2.24, 2.45) is 0 Å². The van der Waals surface area contributed by atoms with E-state index in [-0.39, 0.29) is 22.5 Å². The summed E-state index contributed by atoms with van der Waals surface area (Å²) in [6.07, 6.45) is 2.08.